The molecule has 2 aromatic heterocycles. The first kappa shape index (κ1) is 21.8. The molecule has 4 aromatic rings. The third kappa shape index (κ3) is 5.63. The fourth-order valence-corrected chi connectivity index (χ4v) is 3.90. The molecule has 0 radical (unpaired) electrons. The molecule has 2 N–H and O–H groups in total. The Morgan fingerprint density at radius 2 is 1.91 bits per heavy atom. The summed E-state index contributed by atoms with van der Waals surface area (Å²) in [6, 6.07) is 22.2. The Bertz CT molecular complexity index is 1160. The Balaban J connectivity index is 1.63. The standard InChI is InChI=1S/C25H25N5OS/c1-26-32-15-12-25(31)28-23-10-9-21(20-7-3-2-4-8-20)16-22(23)24-11-14-30(29-24)18-19-6-5-13-27-17-19/h2-11,13-14,16-17,26H,12,15,18H2,1H3,(H,28,31). The number of carbonyl (C=O) groups is 1. The number of pyridine rings is 1. The van der Waals surface area contributed by atoms with Crippen LogP contribution in [-0.2, 0) is 11.3 Å². The van der Waals surface area contributed by atoms with Crippen LogP contribution in [0, 0.1) is 0 Å². The van der Waals surface area contributed by atoms with E-state index in [4.69, 9.17) is 5.10 Å². The van der Waals surface area contributed by atoms with Crippen LogP contribution in [-0.4, -0.2) is 33.5 Å². The molecular formula is C25H25N5OS. The minimum absolute atomic E-state index is 0.0174. The first-order valence-corrected chi connectivity index (χ1v) is 11.4. The third-order valence-corrected chi connectivity index (χ3v) is 5.66. The van der Waals surface area contributed by atoms with Gasteiger partial charge < -0.3 is 5.32 Å². The van der Waals surface area contributed by atoms with Gasteiger partial charge in [-0.3, -0.25) is 19.2 Å². The van der Waals surface area contributed by atoms with E-state index < -0.39 is 0 Å². The zero-order valence-electron chi connectivity index (χ0n) is 17.9. The zero-order chi connectivity index (χ0) is 22.2. The number of nitrogens with one attached hydrogen (secondary N) is 2. The number of hydrogen-bond donors (Lipinski definition) is 2. The number of hydrogen-bond acceptors (Lipinski definition) is 5. The molecule has 0 aliphatic heterocycles. The Morgan fingerprint density at radius 3 is 2.69 bits per heavy atom. The lowest BCUT2D eigenvalue weighted by Gasteiger charge is -2.12. The van der Waals surface area contributed by atoms with Crippen LogP contribution in [0.4, 0.5) is 5.69 Å². The van der Waals surface area contributed by atoms with Crippen molar-refractivity contribution in [3.8, 4) is 22.4 Å². The van der Waals surface area contributed by atoms with Crippen LogP contribution in [0.5, 0.6) is 0 Å². The number of rotatable bonds is 9. The summed E-state index contributed by atoms with van der Waals surface area (Å²) in [7, 11) is 1.85. The Morgan fingerprint density at radius 1 is 1.03 bits per heavy atom. The molecular weight excluding hydrogens is 418 g/mol. The molecule has 0 aliphatic carbocycles. The van der Waals surface area contributed by atoms with Gasteiger partial charge in [0.15, 0.2) is 0 Å². The number of aromatic nitrogens is 3. The van der Waals surface area contributed by atoms with Crippen molar-refractivity contribution in [2.24, 2.45) is 0 Å². The van der Waals surface area contributed by atoms with Gasteiger partial charge in [-0.05, 0) is 48.0 Å². The van der Waals surface area contributed by atoms with Gasteiger partial charge in [0, 0.05) is 36.3 Å². The van der Waals surface area contributed by atoms with Gasteiger partial charge in [0.25, 0.3) is 0 Å². The third-order valence-electron chi connectivity index (χ3n) is 4.96. The number of benzene rings is 2. The van der Waals surface area contributed by atoms with Gasteiger partial charge in [-0.15, -0.1) is 0 Å². The van der Waals surface area contributed by atoms with E-state index in [2.05, 4.69) is 33.2 Å². The van der Waals surface area contributed by atoms with Gasteiger partial charge in [-0.25, -0.2) is 0 Å². The highest BCUT2D eigenvalue weighted by molar-refractivity contribution is 7.97. The van der Waals surface area contributed by atoms with Gasteiger partial charge in [-0.1, -0.05) is 54.4 Å². The normalized spacial score (nSPS) is 10.8. The second-order valence-electron chi connectivity index (χ2n) is 7.24. The zero-order valence-corrected chi connectivity index (χ0v) is 18.7. The van der Waals surface area contributed by atoms with Crippen molar-refractivity contribution in [3.05, 3.63) is 90.9 Å². The molecule has 0 atom stereocenters. The average Bonchev–Trinajstić information content (AvgIpc) is 3.29. The first-order chi connectivity index (χ1) is 15.7. The van der Waals surface area contributed by atoms with E-state index in [1.165, 1.54) is 11.9 Å². The van der Waals surface area contributed by atoms with Crippen molar-refractivity contribution in [2.75, 3.05) is 18.1 Å². The molecule has 0 bridgehead atoms. The molecule has 0 aliphatic rings. The molecule has 0 spiro atoms. The molecule has 2 aromatic carbocycles. The van der Waals surface area contributed by atoms with Crippen molar-refractivity contribution in [2.45, 2.75) is 13.0 Å². The van der Waals surface area contributed by atoms with E-state index in [9.17, 15) is 4.79 Å². The summed E-state index contributed by atoms with van der Waals surface area (Å²) in [5.41, 5.74) is 5.74. The molecule has 0 saturated heterocycles. The van der Waals surface area contributed by atoms with E-state index in [1.807, 2.05) is 72.7 Å². The van der Waals surface area contributed by atoms with Crippen LogP contribution in [0.25, 0.3) is 22.4 Å². The van der Waals surface area contributed by atoms with Gasteiger partial charge >= 0.3 is 0 Å². The number of nitrogens with zero attached hydrogens (tertiary/aromatic N) is 3. The van der Waals surface area contributed by atoms with Gasteiger partial charge in [0.1, 0.15) is 0 Å². The summed E-state index contributed by atoms with van der Waals surface area (Å²) in [6.45, 7) is 0.634. The Kier molecular flexibility index (Phi) is 7.32. The largest absolute Gasteiger partial charge is 0.325 e. The summed E-state index contributed by atoms with van der Waals surface area (Å²) in [6.07, 6.45) is 5.98. The first-order valence-electron chi connectivity index (χ1n) is 10.4. The second-order valence-corrected chi connectivity index (χ2v) is 8.34. The summed E-state index contributed by atoms with van der Waals surface area (Å²) in [5, 5.41) is 7.84. The lowest BCUT2D eigenvalue weighted by Crippen LogP contribution is -2.14. The highest BCUT2D eigenvalue weighted by atomic mass is 32.2. The smallest absolute Gasteiger partial charge is 0.225 e. The van der Waals surface area contributed by atoms with E-state index in [-0.39, 0.29) is 5.91 Å². The maximum Gasteiger partial charge on any atom is 0.225 e. The van der Waals surface area contributed by atoms with E-state index in [0.717, 1.165) is 33.6 Å². The number of carbonyl (C=O) groups excluding carboxylic acids is 1. The molecule has 6 nitrogen and oxygen atoms in total. The van der Waals surface area contributed by atoms with E-state index in [0.29, 0.717) is 18.7 Å². The van der Waals surface area contributed by atoms with Crippen LogP contribution < -0.4 is 10.0 Å². The second kappa shape index (κ2) is 10.7. The van der Waals surface area contributed by atoms with E-state index in [1.54, 1.807) is 6.20 Å². The summed E-state index contributed by atoms with van der Waals surface area (Å²) in [4.78, 5) is 16.7. The molecule has 4 rings (SSSR count). The molecule has 2 heterocycles. The minimum Gasteiger partial charge on any atom is -0.325 e. The predicted molar refractivity (Wildman–Crippen MR) is 131 cm³/mol. The highest BCUT2D eigenvalue weighted by Gasteiger charge is 2.13. The molecule has 162 valence electrons. The number of anilines is 1. The Labute approximate surface area is 192 Å². The maximum absolute atomic E-state index is 12.5. The Hall–Kier alpha value is -3.42. The highest BCUT2D eigenvalue weighted by Crippen LogP contribution is 2.32. The van der Waals surface area contributed by atoms with Gasteiger partial charge in [0.05, 0.1) is 17.9 Å². The summed E-state index contributed by atoms with van der Waals surface area (Å²) in [5.74, 6) is 0.690. The van der Waals surface area contributed by atoms with Crippen molar-refractivity contribution < 1.29 is 4.79 Å². The molecule has 7 heteroatoms. The fourth-order valence-electron chi connectivity index (χ4n) is 3.41. The quantitative estimate of drug-likeness (QED) is 0.286. The van der Waals surface area contributed by atoms with Crippen LogP contribution >= 0.6 is 11.9 Å². The SMILES string of the molecule is CNSCCC(=O)Nc1ccc(-c2ccccc2)cc1-c1ccn(Cc2cccnc2)n1. The van der Waals surface area contributed by atoms with Gasteiger partial charge in [-0.2, -0.15) is 5.10 Å². The van der Waals surface area contributed by atoms with Crippen LogP contribution in [0.15, 0.2) is 85.3 Å². The number of amides is 1. The maximum atomic E-state index is 12.5. The van der Waals surface area contributed by atoms with E-state index >= 15 is 0 Å². The van der Waals surface area contributed by atoms with Gasteiger partial charge in [0.2, 0.25) is 5.91 Å². The average molecular weight is 444 g/mol. The van der Waals surface area contributed by atoms with Crippen molar-refractivity contribution in [1.29, 1.82) is 0 Å². The fraction of sp³-hybridized carbons (Fsp3) is 0.160. The van der Waals surface area contributed by atoms with Crippen molar-refractivity contribution >= 4 is 23.5 Å². The van der Waals surface area contributed by atoms with Crippen LogP contribution in [0.2, 0.25) is 0 Å². The molecule has 0 saturated carbocycles. The predicted octanol–water partition coefficient (Wildman–Crippen LogP) is 4.86. The lowest BCUT2D eigenvalue weighted by molar-refractivity contribution is -0.115. The van der Waals surface area contributed by atoms with Crippen LogP contribution in [0.3, 0.4) is 0 Å². The molecule has 32 heavy (non-hydrogen) atoms. The topological polar surface area (TPSA) is 71.8 Å². The lowest BCUT2D eigenvalue weighted by atomic mass is 10.00. The summed E-state index contributed by atoms with van der Waals surface area (Å²) < 4.78 is 4.88. The minimum atomic E-state index is -0.0174. The molecule has 0 unspecified atom stereocenters. The molecule has 1 amide bonds. The van der Waals surface area contributed by atoms with Crippen molar-refractivity contribution in [3.63, 3.8) is 0 Å². The van der Waals surface area contributed by atoms with Crippen molar-refractivity contribution in [1.82, 2.24) is 19.5 Å². The monoisotopic (exact) mass is 443 g/mol. The summed E-state index contributed by atoms with van der Waals surface area (Å²) >= 11 is 1.52. The molecule has 0 fully saturated rings. The van der Waals surface area contributed by atoms with Crippen LogP contribution in [0.1, 0.15) is 12.0 Å².